The molecular weight excluding hydrogens is 216 g/mol. The number of hydrogen-bond donors (Lipinski definition) is 1. The standard InChI is InChI=1S/C13H20N2O2/c1-13(5-2-6-13)8-14-10-7-11(16)15(12(10)17)9-3-4-9/h9-10,14H,2-8H2,1H3. The molecule has 3 rings (SSSR count). The summed E-state index contributed by atoms with van der Waals surface area (Å²) in [5.74, 6) is 0.0363. The number of carbonyl (C=O) groups is 2. The van der Waals surface area contributed by atoms with Crippen LogP contribution in [0.2, 0.25) is 0 Å². The third kappa shape index (κ3) is 1.99. The topological polar surface area (TPSA) is 49.4 Å². The minimum atomic E-state index is -0.250. The van der Waals surface area contributed by atoms with E-state index >= 15 is 0 Å². The Morgan fingerprint density at radius 1 is 1.35 bits per heavy atom. The van der Waals surface area contributed by atoms with Gasteiger partial charge in [-0.15, -0.1) is 0 Å². The molecule has 94 valence electrons. The second-order valence-corrected chi connectivity index (χ2v) is 6.13. The molecule has 3 fully saturated rings. The lowest BCUT2D eigenvalue weighted by Crippen LogP contribution is -2.45. The van der Waals surface area contributed by atoms with Crippen molar-refractivity contribution >= 4 is 11.8 Å². The van der Waals surface area contributed by atoms with Crippen LogP contribution >= 0.6 is 0 Å². The van der Waals surface area contributed by atoms with Crippen LogP contribution in [0.15, 0.2) is 0 Å². The fraction of sp³-hybridized carbons (Fsp3) is 0.846. The quantitative estimate of drug-likeness (QED) is 0.742. The highest BCUT2D eigenvalue weighted by Crippen LogP contribution is 2.40. The normalized spacial score (nSPS) is 31.8. The van der Waals surface area contributed by atoms with Gasteiger partial charge in [0, 0.05) is 12.6 Å². The first kappa shape index (κ1) is 11.2. The van der Waals surface area contributed by atoms with E-state index in [9.17, 15) is 9.59 Å². The zero-order valence-electron chi connectivity index (χ0n) is 10.4. The molecule has 3 aliphatic rings. The molecule has 2 aliphatic carbocycles. The zero-order valence-corrected chi connectivity index (χ0v) is 10.4. The van der Waals surface area contributed by atoms with Gasteiger partial charge in [-0.05, 0) is 31.1 Å². The van der Waals surface area contributed by atoms with Crippen LogP contribution in [0.4, 0.5) is 0 Å². The molecule has 2 amide bonds. The number of nitrogens with one attached hydrogen (secondary N) is 1. The van der Waals surface area contributed by atoms with Crippen LogP contribution in [0.25, 0.3) is 0 Å². The van der Waals surface area contributed by atoms with Crippen molar-refractivity contribution in [3.63, 3.8) is 0 Å². The monoisotopic (exact) mass is 236 g/mol. The molecule has 0 aromatic carbocycles. The molecule has 2 saturated carbocycles. The van der Waals surface area contributed by atoms with Crippen molar-refractivity contribution in [3.05, 3.63) is 0 Å². The van der Waals surface area contributed by atoms with Crippen molar-refractivity contribution in [2.24, 2.45) is 5.41 Å². The smallest absolute Gasteiger partial charge is 0.247 e. The SMILES string of the molecule is CC1(CNC2CC(=O)N(C3CC3)C2=O)CCC1. The third-order valence-corrected chi connectivity index (χ3v) is 4.43. The van der Waals surface area contributed by atoms with Gasteiger partial charge in [-0.2, -0.15) is 0 Å². The Balaban J connectivity index is 1.57. The summed E-state index contributed by atoms with van der Waals surface area (Å²) in [6.07, 6.45) is 6.14. The maximum atomic E-state index is 12.1. The summed E-state index contributed by atoms with van der Waals surface area (Å²) in [5, 5.41) is 3.30. The van der Waals surface area contributed by atoms with Gasteiger partial charge in [-0.1, -0.05) is 13.3 Å². The number of rotatable bonds is 4. The van der Waals surface area contributed by atoms with E-state index in [1.54, 1.807) is 0 Å². The summed E-state index contributed by atoms with van der Waals surface area (Å²) in [6, 6.07) is -0.0263. The van der Waals surface area contributed by atoms with Crippen LogP contribution in [0.5, 0.6) is 0 Å². The van der Waals surface area contributed by atoms with Crippen molar-refractivity contribution in [2.75, 3.05) is 6.54 Å². The predicted molar refractivity (Wildman–Crippen MR) is 63.2 cm³/mol. The summed E-state index contributed by atoms with van der Waals surface area (Å²) in [4.78, 5) is 25.3. The van der Waals surface area contributed by atoms with Crippen LogP contribution in [0.3, 0.4) is 0 Å². The van der Waals surface area contributed by atoms with Crippen molar-refractivity contribution in [1.29, 1.82) is 0 Å². The highest BCUT2D eigenvalue weighted by Gasteiger charge is 2.46. The molecule has 1 heterocycles. The molecule has 1 saturated heterocycles. The maximum absolute atomic E-state index is 12.1. The summed E-state index contributed by atoms with van der Waals surface area (Å²) in [5.41, 5.74) is 0.357. The van der Waals surface area contributed by atoms with Crippen LogP contribution in [0.1, 0.15) is 45.4 Å². The van der Waals surface area contributed by atoms with E-state index in [1.807, 2.05) is 0 Å². The molecule has 0 bridgehead atoms. The third-order valence-electron chi connectivity index (χ3n) is 4.43. The predicted octanol–water partition coefficient (Wildman–Crippen LogP) is 1.06. The zero-order chi connectivity index (χ0) is 12.0. The molecule has 1 unspecified atom stereocenters. The molecular formula is C13H20N2O2. The maximum Gasteiger partial charge on any atom is 0.247 e. The van der Waals surface area contributed by atoms with Gasteiger partial charge < -0.3 is 5.32 Å². The highest BCUT2D eigenvalue weighted by molar-refractivity contribution is 6.06. The molecule has 4 heteroatoms. The van der Waals surface area contributed by atoms with E-state index in [0.717, 1.165) is 19.4 Å². The lowest BCUT2D eigenvalue weighted by atomic mass is 9.70. The highest BCUT2D eigenvalue weighted by atomic mass is 16.2. The molecule has 0 aromatic heterocycles. The largest absolute Gasteiger partial charge is 0.305 e. The van der Waals surface area contributed by atoms with E-state index in [0.29, 0.717) is 11.8 Å². The van der Waals surface area contributed by atoms with E-state index in [1.165, 1.54) is 24.2 Å². The van der Waals surface area contributed by atoms with E-state index in [-0.39, 0.29) is 23.9 Å². The Bertz CT molecular complexity index is 358. The first-order chi connectivity index (χ1) is 8.09. The first-order valence-electron chi connectivity index (χ1n) is 6.68. The van der Waals surface area contributed by atoms with Gasteiger partial charge in [0.2, 0.25) is 11.8 Å². The lowest BCUT2D eigenvalue weighted by Gasteiger charge is -2.39. The lowest BCUT2D eigenvalue weighted by molar-refractivity contribution is -0.139. The molecule has 17 heavy (non-hydrogen) atoms. The molecule has 0 spiro atoms. The van der Waals surface area contributed by atoms with Crippen molar-refractivity contribution in [1.82, 2.24) is 10.2 Å². The fourth-order valence-electron chi connectivity index (χ4n) is 2.85. The second kappa shape index (κ2) is 3.80. The summed E-state index contributed by atoms with van der Waals surface area (Å²) in [7, 11) is 0. The number of hydrogen-bond acceptors (Lipinski definition) is 3. The number of nitrogens with zero attached hydrogens (tertiary/aromatic N) is 1. The second-order valence-electron chi connectivity index (χ2n) is 6.13. The van der Waals surface area contributed by atoms with E-state index in [2.05, 4.69) is 12.2 Å². The Labute approximate surface area is 102 Å². The molecule has 1 aliphatic heterocycles. The number of amides is 2. The van der Waals surface area contributed by atoms with E-state index in [4.69, 9.17) is 0 Å². The van der Waals surface area contributed by atoms with Gasteiger partial charge in [0.15, 0.2) is 0 Å². The minimum Gasteiger partial charge on any atom is -0.305 e. The van der Waals surface area contributed by atoms with Crippen LogP contribution < -0.4 is 5.32 Å². The number of carbonyl (C=O) groups excluding carboxylic acids is 2. The Morgan fingerprint density at radius 2 is 2.06 bits per heavy atom. The Morgan fingerprint density at radius 3 is 2.59 bits per heavy atom. The van der Waals surface area contributed by atoms with Crippen molar-refractivity contribution < 1.29 is 9.59 Å². The van der Waals surface area contributed by atoms with Gasteiger partial charge in [0.25, 0.3) is 0 Å². The molecule has 0 radical (unpaired) electrons. The van der Waals surface area contributed by atoms with Crippen molar-refractivity contribution in [2.45, 2.75) is 57.5 Å². The van der Waals surface area contributed by atoms with Gasteiger partial charge >= 0.3 is 0 Å². The van der Waals surface area contributed by atoms with Gasteiger partial charge in [0.05, 0.1) is 12.5 Å². The summed E-state index contributed by atoms with van der Waals surface area (Å²) in [6.45, 7) is 3.12. The Hall–Kier alpha value is -0.900. The number of likely N-dealkylation sites (tertiary alicyclic amines) is 1. The molecule has 1 N–H and O–H groups in total. The average molecular weight is 236 g/mol. The number of imide groups is 1. The average Bonchev–Trinajstić information content (AvgIpc) is 3.02. The Kier molecular flexibility index (Phi) is 2.51. The summed E-state index contributed by atoms with van der Waals surface area (Å²) < 4.78 is 0. The van der Waals surface area contributed by atoms with E-state index < -0.39 is 0 Å². The van der Waals surface area contributed by atoms with Gasteiger partial charge in [-0.25, -0.2) is 0 Å². The molecule has 1 atom stereocenters. The van der Waals surface area contributed by atoms with Crippen LogP contribution in [-0.4, -0.2) is 35.3 Å². The van der Waals surface area contributed by atoms with Gasteiger partial charge in [0.1, 0.15) is 0 Å². The van der Waals surface area contributed by atoms with Crippen molar-refractivity contribution in [3.8, 4) is 0 Å². The molecule has 4 nitrogen and oxygen atoms in total. The van der Waals surface area contributed by atoms with Gasteiger partial charge in [-0.3, -0.25) is 14.5 Å². The van der Waals surface area contributed by atoms with Crippen LogP contribution in [-0.2, 0) is 9.59 Å². The fourth-order valence-corrected chi connectivity index (χ4v) is 2.85. The van der Waals surface area contributed by atoms with Crippen LogP contribution in [0, 0.1) is 5.41 Å². The minimum absolute atomic E-state index is 0.0143. The molecule has 0 aromatic rings. The first-order valence-corrected chi connectivity index (χ1v) is 6.68. The summed E-state index contributed by atoms with van der Waals surface area (Å²) >= 11 is 0.